The van der Waals surface area contributed by atoms with Gasteiger partial charge in [-0.3, -0.25) is 0 Å². The van der Waals surface area contributed by atoms with E-state index >= 15 is 0 Å². The molecule has 2 heterocycles. The molecule has 59 heavy (non-hydrogen) atoms. The summed E-state index contributed by atoms with van der Waals surface area (Å²) < 4.78 is 6.63. The molecule has 0 atom stereocenters. The lowest BCUT2D eigenvalue weighted by Gasteiger charge is -2.11. The molecule has 11 aromatic rings. The SMILES string of the molecule is c1ccc(-c2nc(-c3ccccc3)nc(-c3ccc(-c4ccc(-c5cc6c7cc(-c8ccccc8-c8ccccc8)ccc7oc6c6ccccc56)cc4)cc3)n2)cc1. The highest BCUT2D eigenvalue weighted by Crippen LogP contribution is 2.42. The lowest BCUT2D eigenvalue weighted by atomic mass is 9.92. The Balaban J connectivity index is 0.951. The van der Waals surface area contributed by atoms with Crippen LogP contribution in [0.15, 0.2) is 217 Å². The predicted molar refractivity (Wildman–Crippen MR) is 243 cm³/mol. The topological polar surface area (TPSA) is 51.8 Å². The van der Waals surface area contributed by atoms with Gasteiger partial charge in [-0.2, -0.15) is 0 Å². The second-order valence-electron chi connectivity index (χ2n) is 14.8. The quantitative estimate of drug-likeness (QED) is 0.163. The molecule has 11 rings (SSSR count). The maximum absolute atomic E-state index is 6.63. The lowest BCUT2D eigenvalue weighted by Crippen LogP contribution is -2.00. The second-order valence-corrected chi connectivity index (χ2v) is 14.8. The summed E-state index contributed by atoms with van der Waals surface area (Å²) in [6, 6.07) is 74.2. The average molecular weight is 754 g/mol. The van der Waals surface area contributed by atoms with Crippen LogP contribution in [0, 0.1) is 0 Å². The monoisotopic (exact) mass is 753 g/mol. The van der Waals surface area contributed by atoms with Crippen LogP contribution in [0.1, 0.15) is 0 Å². The Morgan fingerprint density at radius 3 is 1.24 bits per heavy atom. The number of benzene rings is 9. The van der Waals surface area contributed by atoms with E-state index in [1.54, 1.807) is 0 Å². The first-order chi connectivity index (χ1) is 29.2. The molecule has 0 radical (unpaired) electrons. The fraction of sp³-hybridized carbons (Fsp3) is 0. The van der Waals surface area contributed by atoms with Crippen molar-refractivity contribution in [2.24, 2.45) is 0 Å². The molecule has 0 aliphatic carbocycles. The predicted octanol–water partition coefficient (Wildman–Crippen LogP) is 14.6. The number of nitrogens with zero attached hydrogens (tertiary/aromatic N) is 3. The van der Waals surface area contributed by atoms with E-state index in [4.69, 9.17) is 19.4 Å². The highest BCUT2D eigenvalue weighted by molar-refractivity contribution is 6.19. The van der Waals surface area contributed by atoms with Crippen molar-refractivity contribution in [2.75, 3.05) is 0 Å². The van der Waals surface area contributed by atoms with Gasteiger partial charge in [0.2, 0.25) is 0 Å². The number of aromatic nitrogens is 3. The number of hydrogen-bond donors (Lipinski definition) is 0. The zero-order chi connectivity index (χ0) is 39.1. The number of hydrogen-bond acceptors (Lipinski definition) is 4. The molecule has 2 aromatic heterocycles. The van der Waals surface area contributed by atoms with Crippen LogP contribution in [0.4, 0.5) is 0 Å². The Kier molecular flexibility index (Phi) is 8.45. The standard InChI is InChI=1S/C55H35N3O/c1-4-14-38(15-5-1)44-20-10-11-21-45(44)43-32-33-51-49(34-43)50-35-48(46-22-12-13-23-47(46)52(50)59-51)39-28-24-36(25-29-39)37-26-30-42(31-27-37)55-57-53(40-16-6-2-7-17-40)56-54(58-55)41-18-8-3-9-19-41/h1-35H. The third-order valence-corrected chi connectivity index (χ3v) is 11.2. The van der Waals surface area contributed by atoms with Gasteiger partial charge in [-0.15, -0.1) is 0 Å². The van der Waals surface area contributed by atoms with Crippen LogP contribution in [0.25, 0.3) is 111 Å². The third-order valence-electron chi connectivity index (χ3n) is 11.2. The molecule has 276 valence electrons. The van der Waals surface area contributed by atoms with Gasteiger partial charge < -0.3 is 4.42 Å². The fourth-order valence-corrected chi connectivity index (χ4v) is 8.20. The summed E-state index contributed by atoms with van der Waals surface area (Å²) in [6.07, 6.45) is 0. The van der Waals surface area contributed by atoms with Crippen LogP contribution in [-0.2, 0) is 0 Å². The van der Waals surface area contributed by atoms with E-state index in [2.05, 4.69) is 152 Å². The molecule has 0 saturated heterocycles. The van der Waals surface area contributed by atoms with Gasteiger partial charge in [0, 0.05) is 32.8 Å². The molecule has 4 heteroatoms. The summed E-state index contributed by atoms with van der Waals surface area (Å²) in [4.78, 5) is 14.7. The summed E-state index contributed by atoms with van der Waals surface area (Å²) in [5, 5.41) is 4.48. The molecule has 0 amide bonds. The second kappa shape index (κ2) is 14.5. The van der Waals surface area contributed by atoms with E-state index in [0.717, 1.165) is 71.7 Å². The summed E-state index contributed by atoms with van der Waals surface area (Å²) in [5.41, 5.74) is 14.0. The molecular formula is C55H35N3O. The highest BCUT2D eigenvalue weighted by Gasteiger charge is 2.17. The van der Waals surface area contributed by atoms with Gasteiger partial charge in [-0.25, -0.2) is 15.0 Å². The summed E-state index contributed by atoms with van der Waals surface area (Å²) in [5.74, 6) is 1.94. The van der Waals surface area contributed by atoms with Crippen LogP contribution in [0.3, 0.4) is 0 Å². The van der Waals surface area contributed by atoms with Crippen molar-refractivity contribution in [2.45, 2.75) is 0 Å². The Labute approximate surface area is 341 Å². The number of fused-ring (bicyclic) bond motifs is 5. The number of furan rings is 1. The lowest BCUT2D eigenvalue weighted by molar-refractivity contribution is 0.673. The van der Waals surface area contributed by atoms with E-state index in [1.807, 2.05) is 60.7 Å². The van der Waals surface area contributed by atoms with Gasteiger partial charge >= 0.3 is 0 Å². The van der Waals surface area contributed by atoms with Crippen molar-refractivity contribution in [1.82, 2.24) is 15.0 Å². The summed E-state index contributed by atoms with van der Waals surface area (Å²) >= 11 is 0. The van der Waals surface area contributed by atoms with E-state index < -0.39 is 0 Å². The van der Waals surface area contributed by atoms with E-state index in [-0.39, 0.29) is 0 Å². The smallest absolute Gasteiger partial charge is 0.164 e. The molecule has 9 aromatic carbocycles. The molecule has 0 unspecified atom stereocenters. The Morgan fingerprint density at radius 2 is 0.661 bits per heavy atom. The van der Waals surface area contributed by atoms with Crippen LogP contribution in [-0.4, -0.2) is 15.0 Å². The van der Waals surface area contributed by atoms with Crippen molar-refractivity contribution in [3.05, 3.63) is 212 Å². The summed E-state index contributed by atoms with van der Waals surface area (Å²) in [7, 11) is 0. The van der Waals surface area contributed by atoms with E-state index in [1.165, 1.54) is 22.3 Å². The first-order valence-electron chi connectivity index (χ1n) is 19.8. The number of rotatable bonds is 7. The zero-order valence-electron chi connectivity index (χ0n) is 32.0. The van der Waals surface area contributed by atoms with E-state index in [0.29, 0.717) is 17.5 Å². The summed E-state index contributed by atoms with van der Waals surface area (Å²) in [6.45, 7) is 0. The van der Waals surface area contributed by atoms with Gasteiger partial charge in [-0.05, 0) is 68.1 Å². The normalized spacial score (nSPS) is 11.4. The Hall–Kier alpha value is -7.95. The largest absolute Gasteiger partial charge is 0.455 e. The molecule has 0 aliphatic rings. The van der Waals surface area contributed by atoms with Crippen molar-refractivity contribution in [3.8, 4) is 78.7 Å². The van der Waals surface area contributed by atoms with E-state index in [9.17, 15) is 0 Å². The van der Waals surface area contributed by atoms with Crippen LogP contribution in [0.2, 0.25) is 0 Å². The highest BCUT2D eigenvalue weighted by atomic mass is 16.3. The van der Waals surface area contributed by atoms with Crippen molar-refractivity contribution >= 4 is 32.7 Å². The average Bonchev–Trinajstić information content (AvgIpc) is 3.70. The van der Waals surface area contributed by atoms with Gasteiger partial charge in [0.15, 0.2) is 17.5 Å². The third kappa shape index (κ3) is 6.34. The molecule has 0 fully saturated rings. The molecule has 0 saturated carbocycles. The maximum atomic E-state index is 6.63. The van der Waals surface area contributed by atoms with Crippen LogP contribution in [0.5, 0.6) is 0 Å². The van der Waals surface area contributed by atoms with Gasteiger partial charge in [0.1, 0.15) is 11.2 Å². The maximum Gasteiger partial charge on any atom is 0.164 e. The van der Waals surface area contributed by atoms with Crippen molar-refractivity contribution in [1.29, 1.82) is 0 Å². The first kappa shape index (κ1) is 34.3. The molecule has 4 nitrogen and oxygen atoms in total. The van der Waals surface area contributed by atoms with Crippen LogP contribution < -0.4 is 0 Å². The molecule has 0 aliphatic heterocycles. The Morgan fingerprint density at radius 1 is 0.254 bits per heavy atom. The minimum absolute atomic E-state index is 0.640. The first-order valence-corrected chi connectivity index (χ1v) is 19.8. The van der Waals surface area contributed by atoms with Crippen molar-refractivity contribution in [3.63, 3.8) is 0 Å². The van der Waals surface area contributed by atoms with Gasteiger partial charge in [0.25, 0.3) is 0 Å². The van der Waals surface area contributed by atoms with Gasteiger partial charge in [0.05, 0.1) is 0 Å². The molecule has 0 spiro atoms. The Bertz CT molecular complexity index is 3230. The fourth-order valence-electron chi connectivity index (χ4n) is 8.20. The van der Waals surface area contributed by atoms with Crippen LogP contribution >= 0.6 is 0 Å². The minimum atomic E-state index is 0.640. The zero-order valence-corrected chi connectivity index (χ0v) is 32.0. The molecule has 0 bridgehead atoms. The minimum Gasteiger partial charge on any atom is -0.455 e. The molecular weight excluding hydrogens is 719 g/mol. The molecule has 0 N–H and O–H groups in total. The van der Waals surface area contributed by atoms with Crippen molar-refractivity contribution < 1.29 is 4.42 Å². The van der Waals surface area contributed by atoms with Gasteiger partial charge in [-0.1, -0.05) is 194 Å².